The normalized spacial score (nSPS) is 29.9. The molecule has 4 heteroatoms. The van der Waals surface area contributed by atoms with Gasteiger partial charge in [0, 0.05) is 16.0 Å². The second-order valence-electron chi connectivity index (χ2n) is 5.12. The fourth-order valence-electron chi connectivity index (χ4n) is 1.66. The Balaban J connectivity index is 1.90. The monoisotopic (exact) mass is 244 g/mol. The van der Waals surface area contributed by atoms with Gasteiger partial charge < -0.3 is 5.32 Å². The molecule has 1 aliphatic carbocycles. The molecule has 0 aromatic heterocycles. The fourth-order valence-corrected chi connectivity index (χ4v) is 3.67. The van der Waals surface area contributed by atoms with Crippen LogP contribution in [0.1, 0.15) is 33.1 Å². The minimum atomic E-state index is 0.236. The third-order valence-corrected chi connectivity index (χ3v) is 5.48. The smallest absolute Gasteiger partial charge is 0.157 e. The maximum atomic E-state index is 4.73. The predicted octanol–water partition coefficient (Wildman–Crippen LogP) is 2.74. The van der Waals surface area contributed by atoms with Crippen molar-refractivity contribution in [3.63, 3.8) is 0 Å². The molecular weight excluding hydrogens is 224 g/mol. The lowest BCUT2D eigenvalue weighted by molar-refractivity contribution is 0.446. The second-order valence-corrected chi connectivity index (χ2v) is 7.47. The molecule has 2 aliphatic rings. The van der Waals surface area contributed by atoms with Gasteiger partial charge in [-0.05, 0) is 39.4 Å². The number of hydrogen-bond donors (Lipinski definition) is 1. The first-order valence-corrected chi connectivity index (χ1v) is 7.77. The zero-order valence-corrected chi connectivity index (χ0v) is 11.4. The Labute approximate surface area is 101 Å². The Hall–Kier alpha value is 0.170. The molecule has 0 spiro atoms. The van der Waals surface area contributed by atoms with Crippen LogP contribution in [0.3, 0.4) is 0 Å². The summed E-state index contributed by atoms with van der Waals surface area (Å²) in [5.41, 5.74) is 0.236. The second kappa shape index (κ2) is 4.21. The summed E-state index contributed by atoms with van der Waals surface area (Å²) in [5, 5.41) is 4.68. The van der Waals surface area contributed by atoms with Crippen molar-refractivity contribution in [2.75, 3.05) is 18.6 Å². The first-order chi connectivity index (χ1) is 7.05. The summed E-state index contributed by atoms with van der Waals surface area (Å²) < 4.78 is 0.497. The van der Waals surface area contributed by atoms with Gasteiger partial charge in [0.05, 0.1) is 6.54 Å². The first-order valence-electron chi connectivity index (χ1n) is 5.56. The summed E-state index contributed by atoms with van der Waals surface area (Å²) in [6, 6.07) is 0. The SMILES string of the molecule is CSC1(CN=C2NC(C)(C)CCS2)CC1. The molecule has 2 fully saturated rings. The molecule has 0 aromatic rings. The van der Waals surface area contributed by atoms with E-state index < -0.39 is 0 Å². The maximum absolute atomic E-state index is 4.73. The Morgan fingerprint density at radius 2 is 2.13 bits per heavy atom. The molecule has 1 saturated carbocycles. The summed E-state index contributed by atoms with van der Waals surface area (Å²) >= 11 is 3.86. The largest absolute Gasteiger partial charge is 0.360 e. The van der Waals surface area contributed by atoms with Crippen LogP contribution in [-0.2, 0) is 0 Å². The highest BCUT2D eigenvalue weighted by atomic mass is 32.2. The summed E-state index contributed by atoms with van der Waals surface area (Å²) in [6.45, 7) is 5.51. The van der Waals surface area contributed by atoms with E-state index in [1.807, 2.05) is 23.5 Å². The van der Waals surface area contributed by atoms with Crippen LogP contribution < -0.4 is 5.32 Å². The Morgan fingerprint density at radius 3 is 2.67 bits per heavy atom. The Kier molecular flexibility index (Phi) is 3.27. The topological polar surface area (TPSA) is 24.4 Å². The van der Waals surface area contributed by atoms with Gasteiger partial charge in [0.1, 0.15) is 0 Å². The van der Waals surface area contributed by atoms with E-state index in [0.717, 1.165) is 11.7 Å². The lowest BCUT2D eigenvalue weighted by Crippen LogP contribution is -2.46. The zero-order valence-electron chi connectivity index (χ0n) is 9.80. The van der Waals surface area contributed by atoms with E-state index >= 15 is 0 Å². The summed E-state index contributed by atoms with van der Waals surface area (Å²) in [6.07, 6.45) is 6.13. The van der Waals surface area contributed by atoms with Gasteiger partial charge in [-0.2, -0.15) is 11.8 Å². The highest BCUT2D eigenvalue weighted by Gasteiger charge is 2.41. The molecule has 0 atom stereocenters. The van der Waals surface area contributed by atoms with Crippen molar-refractivity contribution < 1.29 is 0 Å². The van der Waals surface area contributed by atoms with Crippen LogP contribution in [0.4, 0.5) is 0 Å². The standard InChI is InChI=1S/C11H20N2S2/c1-10(2)6-7-15-9(13-10)12-8-11(14-3)4-5-11/h4-8H2,1-3H3,(H,12,13). The third-order valence-electron chi connectivity index (χ3n) is 3.16. The highest BCUT2D eigenvalue weighted by molar-refractivity contribution is 8.13. The van der Waals surface area contributed by atoms with Gasteiger partial charge in [-0.25, -0.2) is 0 Å². The lowest BCUT2D eigenvalue weighted by atomic mass is 10.0. The van der Waals surface area contributed by atoms with Crippen molar-refractivity contribution in [1.29, 1.82) is 0 Å². The van der Waals surface area contributed by atoms with Crippen LogP contribution in [0.15, 0.2) is 4.99 Å². The molecule has 0 unspecified atom stereocenters. The molecule has 1 saturated heterocycles. The maximum Gasteiger partial charge on any atom is 0.157 e. The van der Waals surface area contributed by atoms with Gasteiger partial charge in [-0.3, -0.25) is 4.99 Å². The molecular formula is C11H20N2S2. The average molecular weight is 244 g/mol. The van der Waals surface area contributed by atoms with Gasteiger partial charge in [-0.1, -0.05) is 11.8 Å². The van der Waals surface area contributed by atoms with Crippen molar-refractivity contribution >= 4 is 28.7 Å². The lowest BCUT2D eigenvalue weighted by Gasteiger charge is -2.32. The van der Waals surface area contributed by atoms with Gasteiger partial charge >= 0.3 is 0 Å². The summed E-state index contributed by atoms with van der Waals surface area (Å²) in [5.74, 6) is 1.20. The van der Waals surface area contributed by atoms with Crippen molar-refractivity contribution in [3.05, 3.63) is 0 Å². The molecule has 2 nitrogen and oxygen atoms in total. The van der Waals surface area contributed by atoms with Crippen molar-refractivity contribution in [3.8, 4) is 0 Å². The van der Waals surface area contributed by atoms with Crippen LogP contribution >= 0.6 is 23.5 Å². The van der Waals surface area contributed by atoms with Crippen LogP contribution in [0.25, 0.3) is 0 Å². The van der Waals surface area contributed by atoms with E-state index in [9.17, 15) is 0 Å². The van der Waals surface area contributed by atoms with Crippen molar-refractivity contribution in [2.24, 2.45) is 4.99 Å². The van der Waals surface area contributed by atoms with E-state index in [1.54, 1.807) is 0 Å². The molecule has 0 bridgehead atoms. The Morgan fingerprint density at radius 1 is 1.40 bits per heavy atom. The molecule has 1 N–H and O–H groups in total. The van der Waals surface area contributed by atoms with Crippen LogP contribution in [0, 0.1) is 0 Å². The van der Waals surface area contributed by atoms with Gasteiger partial charge in [0.25, 0.3) is 0 Å². The van der Waals surface area contributed by atoms with E-state index in [4.69, 9.17) is 4.99 Å². The number of amidine groups is 1. The van der Waals surface area contributed by atoms with E-state index in [0.29, 0.717) is 4.75 Å². The van der Waals surface area contributed by atoms with Crippen molar-refractivity contribution in [1.82, 2.24) is 5.32 Å². The zero-order chi connectivity index (χ0) is 10.9. The fraction of sp³-hybridized carbons (Fsp3) is 0.909. The highest BCUT2D eigenvalue weighted by Crippen LogP contribution is 2.47. The number of rotatable bonds is 3. The minimum Gasteiger partial charge on any atom is -0.360 e. The van der Waals surface area contributed by atoms with Crippen molar-refractivity contribution in [2.45, 2.75) is 43.4 Å². The number of thioether (sulfide) groups is 2. The molecule has 0 aromatic carbocycles. The Bertz CT molecular complexity index is 270. The number of nitrogens with one attached hydrogen (secondary N) is 1. The van der Waals surface area contributed by atoms with Gasteiger partial charge in [0.15, 0.2) is 5.17 Å². The molecule has 15 heavy (non-hydrogen) atoms. The van der Waals surface area contributed by atoms with Crippen LogP contribution in [-0.4, -0.2) is 34.0 Å². The minimum absolute atomic E-state index is 0.236. The average Bonchev–Trinajstić information content (AvgIpc) is 2.94. The first kappa shape index (κ1) is 11.6. The molecule has 86 valence electrons. The number of hydrogen-bond acceptors (Lipinski definition) is 3. The van der Waals surface area contributed by atoms with Gasteiger partial charge in [0.2, 0.25) is 0 Å². The van der Waals surface area contributed by atoms with Crippen LogP contribution in [0.2, 0.25) is 0 Å². The van der Waals surface area contributed by atoms with E-state index in [2.05, 4.69) is 25.4 Å². The molecule has 0 amide bonds. The van der Waals surface area contributed by atoms with E-state index in [1.165, 1.54) is 25.0 Å². The van der Waals surface area contributed by atoms with Crippen LogP contribution in [0.5, 0.6) is 0 Å². The summed E-state index contributed by atoms with van der Waals surface area (Å²) in [7, 11) is 0. The molecule has 0 radical (unpaired) electrons. The predicted molar refractivity (Wildman–Crippen MR) is 72.1 cm³/mol. The van der Waals surface area contributed by atoms with E-state index in [-0.39, 0.29) is 5.54 Å². The molecule has 1 heterocycles. The molecule has 2 rings (SSSR count). The number of aliphatic imine (C=N–C) groups is 1. The third kappa shape index (κ3) is 3.06. The number of nitrogens with zero attached hydrogens (tertiary/aromatic N) is 1. The molecule has 1 aliphatic heterocycles. The summed E-state index contributed by atoms with van der Waals surface area (Å²) in [4.78, 5) is 4.73. The quantitative estimate of drug-likeness (QED) is 0.826. The van der Waals surface area contributed by atoms with Gasteiger partial charge in [-0.15, -0.1) is 0 Å².